The number of morpholine rings is 1. The van der Waals surface area contributed by atoms with E-state index in [1.54, 1.807) is 24.3 Å². The molecule has 2 heterocycles. The second-order valence-electron chi connectivity index (χ2n) is 7.06. The van der Waals surface area contributed by atoms with Crippen LogP contribution in [0.5, 0.6) is 0 Å². The van der Waals surface area contributed by atoms with Gasteiger partial charge >= 0.3 is 0 Å². The van der Waals surface area contributed by atoms with Gasteiger partial charge in [-0.3, -0.25) is 20.0 Å². The molecule has 2 aliphatic rings. The van der Waals surface area contributed by atoms with Gasteiger partial charge in [0.2, 0.25) is 5.84 Å². The molecule has 1 saturated heterocycles. The van der Waals surface area contributed by atoms with Crippen molar-refractivity contribution in [1.29, 1.82) is 0 Å². The van der Waals surface area contributed by atoms with Gasteiger partial charge in [-0.2, -0.15) is 0 Å². The zero-order valence-electron chi connectivity index (χ0n) is 16.5. The van der Waals surface area contributed by atoms with Gasteiger partial charge in [0.1, 0.15) is 12.4 Å². The quantitative estimate of drug-likeness (QED) is 0.802. The van der Waals surface area contributed by atoms with Crippen LogP contribution in [0.15, 0.2) is 47.5 Å². The maximum Gasteiger partial charge on any atom is 0.292 e. The Hall–Kier alpha value is -3.46. The molecule has 2 aromatic carbocycles. The predicted octanol–water partition coefficient (Wildman–Crippen LogP) is 1.86. The number of benzene rings is 2. The standard InChI is InChI=1S/C21H22FN5O3/c1-14-2-5-16(6-3-14)27-19(28)13-23-20(25-27)21(29)24-15-4-7-18(17(22)12-15)26-8-10-30-11-9-26/h2-7,12H,8-11,13H2,1H3,(H,23,25)(H,24,29). The molecule has 9 heteroatoms. The summed E-state index contributed by atoms with van der Waals surface area (Å²) in [5.74, 6) is -1.29. The van der Waals surface area contributed by atoms with Crippen LogP contribution in [0.3, 0.4) is 0 Å². The molecule has 4 rings (SSSR count). The molecule has 2 N–H and O–H groups in total. The van der Waals surface area contributed by atoms with Crippen molar-refractivity contribution in [3.05, 3.63) is 53.8 Å². The monoisotopic (exact) mass is 411 g/mol. The van der Waals surface area contributed by atoms with E-state index in [0.717, 1.165) is 5.56 Å². The maximum absolute atomic E-state index is 14.6. The predicted molar refractivity (Wildman–Crippen MR) is 112 cm³/mol. The molecule has 0 aliphatic carbocycles. The van der Waals surface area contributed by atoms with Crippen molar-refractivity contribution in [2.75, 3.05) is 48.1 Å². The lowest BCUT2D eigenvalue weighted by atomic mass is 10.2. The molecule has 30 heavy (non-hydrogen) atoms. The summed E-state index contributed by atoms with van der Waals surface area (Å²) in [4.78, 5) is 30.7. The van der Waals surface area contributed by atoms with Gasteiger partial charge in [0.15, 0.2) is 0 Å². The second-order valence-corrected chi connectivity index (χ2v) is 7.06. The molecule has 0 saturated carbocycles. The summed E-state index contributed by atoms with van der Waals surface area (Å²) in [5.41, 5.74) is 5.18. The fourth-order valence-corrected chi connectivity index (χ4v) is 3.28. The van der Waals surface area contributed by atoms with Crippen LogP contribution >= 0.6 is 0 Å². The van der Waals surface area contributed by atoms with Crippen molar-refractivity contribution in [3.8, 4) is 0 Å². The molecule has 0 spiro atoms. The number of hydrogen-bond donors (Lipinski definition) is 2. The summed E-state index contributed by atoms with van der Waals surface area (Å²) < 4.78 is 19.9. The number of carbonyl (C=O) groups is 2. The molecule has 8 nitrogen and oxygen atoms in total. The first-order valence-corrected chi connectivity index (χ1v) is 9.65. The number of anilines is 3. The van der Waals surface area contributed by atoms with Crippen molar-refractivity contribution in [1.82, 2.24) is 5.43 Å². The molecule has 0 unspecified atom stereocenters. The normalized spacial score (nSPS) is 16.7. The average Bonchev–Trinajstić information content (AvgIpc) is 2.75. The molecule has 156 valence electrons. The van der Waals surface area contributed by atoms with Crippen LogP contribution in [-0.2, 0) is 14.3 Å². The first kappa shape index (κ1) is 19.8. The van der Waals surface area contributed by atoms with E-state index in [-0.39, 0.29) is 18.3 Å². The van der Waals surface area contributed by atoms with Gasteiger partial charge in [-0.1, -0.05) is 17.7 Å². The van der Waals surface area contributed by atoms with Gasteiger partial charge in [0.05, 0.1) is 24.6 Å². The van der Waals surface area contributed by atoms with Gasteiger partial charge < -0.3 is 15.0 Å². The van der Waals surface area contributed by atoms with Crippen LogP contribution in [0.4, 0.5) is 21.5 Å². The van der Waals surface area contributed by atoms with Crippen molar-refractivity contribution < 1.29 is 18.7 Å². The number of amidine groups is 1. The fraction of sp³-hybridized carbons (Fsp3) is 0.286. The zero-order valence-corrected chi connectivity index (χ0v) is 16.5. The molecule has 0 radical (unpaired) electrons. The molecule has 0 atom stereocenters. The van der Waals surface area contributed by atoms with Crippen LogP contribution in [0.1, 0.15) is 5.56 Å². The van der Waals surface area contributed by atoms with E-state index >= 15 is 0 Å². The number of nitrogens with one attached hydrogen (secondary N) is 2. The molecule has 0 aromatic heterocycles. The number of ether oxygens (including phenoxy) is 1. The Kier molecular flexibility index (Phi) is 5.62. The Morgan fingerprint density at radius 1 is 1.17 bits per heavy atom. The molecule has 2 amide bonds. The van der Waals surface area contributed by atoms with Gasteiger partial charge in [-0.25, -0.2) is 9.40 Å². The summed E-state index contributed by atoms with van der Waals surface area (Å²) in [6.07, 6.45) is 0. The second kappa shape index (κ2) is 8.50. The smallest absolute Gasteiger partial charge is 0.292 e. The van der Waals surface area contributed by atoms with E-state index in [1.165, 1.54) is 11.1 Å². The largest absolute Gasteiger partial charge is 0.378 e. The van der Waals surface area contributed by atoms with Crippen LogP contribution in [0, 0.1) is 12.7 Å². The molecular formula is C21H22FN5O3. The van der Waals surface area contributed by atoms with Gasteiger partial charge in [0, 0.05) is 18.8 Å². The Bertz CT molecular complexity index is 987. The minimum absolute atomic E-state index is 0.0205. The van der Waals surface area contributed by atoms with Crippen LogP contribution in [0.2, 0.25) is 0 Å². The number of hydrazine groups is 1. The number of carbonyl (C=O) groups excluding carboxylic acids is 2. The summed E-state index contributed by atoms with van der Waals surface area (Å²) in [7, 11) is 0. The first-order valence-electron chi connectivity index (χ1n) is 9.65. The van der Waals surface area contributed by atoms with E-state index in [9.17, 15) is 14.0 Å². The molecular weight excluding hydrogens is 389 g/mol. The van der Waals surface area contributed by atoms with Crippen LogP contribution in [-0.4, -0.2) is 50.5 Å². The number of rotatable bonds is 4. The third-order valence-electron chi connectivity index (χ3n) is 4.90. The summed E-state index contributed by atoms with van der Waals surface area (Å²) in [6.45, 7) is 4.13. The Morgan fingerprint density at radius 2 is 1.90 bits per heavy atom. The third kappa shape index (κ3) is 4.25. The molecule has 0 bridgehead atoms. The topological polar surface area (TPSA) is 86.3 Å². The minimum Gasteiger partial charge on any atom is -0.378 e. The average molecular weight is 411 g/mol. The van der Waals surface area contributed by atoms with Crippen LogP contribution < -0.4 is 20.7 Å². The van der Waals surface area contributed by atoms with E-state index in [1.807, 2.05) is 24.0 Å². The van der Waals surface area contributed by atoms with Gasteiger partial charge in [-0.15, -0.1) is 0 Å². The number of halogens is 1. The molecule has 2 aliphatic heterocycles. The lowest BCUT2D eigenvalue weighted by Crippen LogP contribution is -2.54. The summed E-state index contributed by atoms with van der Waals surface area (Å²) in [5, 5.41) is 3.91. The van der Waals surface area contributed by atoms with E-state index in [0.29, 0.717) is 43.4 Å². The van der Waals surface area contributed by atoms with Crippen molar-refractivity contribution >= 4 is 34.7 Å². The Balaban J connectivity index is 1.45. The molecule has 1 fully saturated rings. The van der Waals surface area contributed by atoms with Gasteiger partial charge in [0.25, 0.3) is 11.8 Å². The summed E-state index contributed by atoms with van der Waals surface area (Å²) in [6, 6.07) is 11.8. The third-order valence-corrected chi connectivity index (χ3v) is 4.90. The van der Waals surface area contributed by atoms with Gasteiger partial charge in [-0.05, 0) is 37.3 Å². The SMILES string of the molecule is Cc1ccc(N2NC(C(=O)Nc3ccc(N4CCOCC4)c(F)c3)=NCC2=O)cc1. The van der Waals surface area contributed by atoms with E-state index in [4.69, 9.17) is 4.74 Å². The number of nitrogens with zero attached hydrogens (tertiary/aromatic N) is 3. The number of aliphatic imine (C=N–C) groups is 1. The van der Waals surface area contributed by atoms with Crippen molar-refractivity contribution in [2.24, 2.45) is 4.99 Å². The highest BCUT2D eigenvalue weighted by molar-refractivity contribution is 6.43. The van der Waals surface area contributed by atoms with Crippen molar-refractivity contribution in [3.63, 3.8) is 0 Å². The Labute approximate surface area is 173 Å². The first-order chi connectivity index (χ1) is 14.5. The minimum atomic E-state index is -0.557. The van der Waals surface area contributed by atoms with Crippen LogP contribution in [0.25, 0.3) is 0 Å². The highest BCUT2D eigenvalue weighted by Crippen LogP contribution is 2.24. The highest BCUT2D eigenvalue weighted by Gasteiger charge is 2.26. The summed E-state index contributed by atoms with van der Waals surface area (Å²) >= 11 is 0. The fourth-order valence-electron chi connectivity index (χ4n) is 3.28. The maximum atomic E-state index is 14.6. The van der Waals surface area contributed by atoms with Crippen molar-refractivity contribution in [2.45, 2.75) is 6.92 Å². The number of aryl methyl sites for hydroxylation is 1. The lowest BCUT2D eigenvalue weighted by Gasteiger charge is -2.29. The lowest BCUT2D eigenvalue weighted by molar-refractivity contribution is -0.118. The molecule has 2 aromatic rings. The number of amides is 2. The van der Waals surface area contributed by atoms with E-state index in [2.05, 4.69) is 15.7 Å². The highest BCUT2D eigenvalue weighted by atomic mass is 19.1. The number of hydrogen-bond acceptors (Lipinski definition) is 6. The zero-order chi connectivity index (χ0) is 21.1. The van der Waals surface area contributed by atoms with E-state index < -0.39 is 11.7 Å². The Morgan fingerprint density at radius 3 is 2.60 bits per heavy atom.